The average molecular weight is 490 g/mol. The van der Waals surface area contributed by atoms with Crippen LogP contribution < -0.4 is 0 Å². The Hall–Kier alpha value is 1.07. The van der Waals surface area contributed by atoms with Crippen LogP contribution in [-0.2, 0) is 4.79 Å². The van der Waals surface area contributed by atoms with Crippen LogP contribution in [0.3, 0.4) is 0 Å². The molecule has 0 saturated heterocycles. The maximum Gasteiger partial charge on any atom is 0.357 e. The Kier molecular flexibility index (Phi) is 5.67. The van der Waals surface area contributed by atoms with E-state index in [-0.39, 0.29) is 22.6 Å². The van der Waals surface area contributed by atoms with Crippen molar-refractivity contribution in [3.05, 3.63) is 0 Å². The number of hydrogen-bond donors (Lipinski definition) is 0. The van der Waals surface area contributed by atoms with Gasteiger partial charge in [0.2, 0.25) is 0 Å². The molecule has 0 aliphatic heterocycles. The van der Waals surface area contributed by atoms with Crippen molar-refractivity contribution in [1.29, 1.82) is 0 Å². The Labute approximate surface area is 134 Å². The third-order valence-corrected chi connectivity index (χ3v) is 3.94. The van der Waals surface area contributed by atoms with E-state index in [0.29, 0.717) is 0 Å². The Morgan fingerprint density at radius 1 is 0.842 bits per heavy atom. The summed E-state index contributed by atoms with van der Waals surface area (Å²) in [7, 11) is 0. The quantitative estimate of drug-likeness (QED) is 0.226. The summed E-state index contributed by atoms with van der Waals surface area (Å²) < 4.78 is 87.6. The van der Waals surface area contributed by atoms with Crippen molar-refractivity contribution >= 4 is 74.2 Å². The van der Waals surface area contributed by atoms with Crippen LogP contribution in [0.2, 0.25) is 0 Å². The summed E-state index contributed by atoms with van der Waals surface area (Å²) in [6.07, 6.45) is 0. The van der Waals surface area contributed by atoms with Crippen molar-refractivity contribution in [3.8, 4) is 0 Å². The number of halogens is 12. The lowest BCUT2D eigenvalue weighted by Crippen LogP contribution is -2.66. The molecule has 0 aliphatic carbocycles. The van der Waals surface area contributed by atoms with Gasteiger partial charge >= 0.3 is 25.2 Å². The molecule has 0 heterocycles. The molecule has 19 heavy (non-hydrogen) atoms. The second kappa shape index (κ2) is 5.36. The van der Waals surface area contributed by atoms with E-state index in [2.05, 4.69) is 46.4 Å². The summed E-state index contributed by atoms with van der Waals surface area (Å²) in [4.78, 5) is 10.3. The number of rotatable bonds is 5. The highest BCUT2D eigenvalue weighted by Gasteiger charge is 2.83. The van der Waals surface area contributed by atoms with Crippen molar-refractivity contribution in [2.75, 3.05) is 0 Å². The van der Waals surface area contributed by atoms with Gasteiger partial charge in [0.25, 0.3) is 5.24 Å². The molecule has 0 amide bonds. The molecule has 0 aromatic heterocycles. The van der Waals surface area contributed by atoms with E-state index in [1.54, 1.807) is 0 Å². The van der Waals surface area contributed by atoms with Gasteiger partial charge in [0.15, 0.2) is 0 Å². The number of carbonyl (C=O) groups excluding carboxylic acids is 1. The molecule has 13 heteroatoms. The smallest absolute Gasteiger partial charge is 0.276 e. The van der Waals surface area contributed by atoms with Crippen LogP contribution in [0, 0.1) is 0 Å². The zero-order chi connectivity index (χ0) is 16.1. The number of alkyl halides is 11. The summed E-state index contributed by atoms with van der Waals surface area (Å²) in [5, 5.41) is -13.7. The van der Waals surface area contributed by atoms with Gasteiger partial charge in [0.05, 0.1) is 0 Å². The standard InChI is InChI=1S/C6Cl4F7IO/c7-1(19)2(8,11)4(13,14)3(9,12)5(15,16)6(10,17)18. The average Bonchev–Trinajstić information content (AvgIpc) is 2.14. The highest BCUT2D eigenvalue weighted by molar-refractivity contribution is 14.1. The molecule has 0 aromatic carbocycles. The van der Waals surface area contributed by atoms with E-state index >= 15 is 0 Å². The molecule has 0 radical (unpaired) electrons. The van der Waals surface area contributed by atoms with Gasteiger partial charge in [-0.3, -0.25) is 4.79 Å². The van der Waals surface area contributed by atoms with E-state index in [1.165, 1.54) is 0 Å². The Balaban J connectivity index is 5.99. The SMILES string of the molecule is O=C(Cl)C(F)(Cl)C(F)(F)C(F)(Cl)C(F)(F)C(F)(Cl)I. The summed E-state index contributed by atoms with van der Waals surface area (Å²) in [5.74, 6) is -11.9. The molecule has 0 spiro atoms. The molecular weight excluding hydrogens is 490 g/mol. The fourth-order valence-electron chi connectivity index (χ4n) is 0.696. The minimum Gasteiger partial charge on any atom is -0.276 e. The molecule has 0 aliphatic rings. The van der Waals surface area contributed by atoms with Crippen molar-refractivity contribution < 1.29 is 35.5 Å². The summed E-state index contributed by atoms with van der Waals surface area (Å²) in [5.41, 5.74) is 0. The van der Waals surface area contributed by atoms with E-state index in [1.807, 2.05) is 0 Å². The molecule has 0 rings (SSSR count). The monoisotopic (exact) mass is 488 g/mol. The van der Waals surface area contributed by atoms with Gasteiger partial charge in [-0.15, -0.1) is 0 Å². The normalized spacial score (nSPS) is 23.2. The van der Waals surface area contributed by atoms with E-state index in [9.17, 15) is 35.5 Å². The maximum atomic E-state index is 13.4. The zero-order valence-electron chi connectivity index (χ0n) is 7.94. The second-order valence-corrected chi connectivity index (χ2v) is 7.10. The van der Waals surface area contributed by atoms with Crippen LogP contribution in [0.1, 0.15) is 0 Å². The van der Waals surface area contributed by atoms with Crippen LogP contribution in [0.15, 0.2) is 0 Å². The molecule has 0 fully saturated rings. The summed E-state index contributed by atoms with van der Waals surface area (Å²) in [6.45, 7) is 0. The molecule has 0 N–H and O–H groups in total. The first-order chi connectivity index (χ1) is 7.94. The molecule has 1 nitrogen and oxygen atoms in total. The highest BCUT2D eigenvalue weighted by Crippen LogP contribution is 2.61. The number of hydrogen-bond acceptors (Lipinski definition) is 1. The highest BCUT2D eigenvalue weighted by atomic mass is 127. The van der Waals surface area contributed by atoms with Crippen molar-refractivity contribution in [3.63, 3.8) is 0 Å². The van der Waals surface area contributed by atoms with E-state index < -0.39 is 30.5 Å². The first kappa shape index (κ1) is 20.1. The lowest BCUT2D eigenvalue weighted by atomic mass is 10.0. The van der Waals surface area contributed by atoms with Crippen LogP contribution >= 0.6 is 69.0 Å². The van der Waals surface area contributed by atoms with Crippen molar-refractivity contribution in [2.45, 2.75) is 25.2 Å². The van der Waals surface area contributed by atoms with Crippen LogP contribution in [0.4, 0.5) is 30.7 Å². The predicted molar refractivity (Wildman–Crippen MR) is 63.8 cm³/mol. The van der Waals surface area contributed by atoms with Crippen LogP contribution in [0.25, 0.3) is 0 Å². The fourth-order valence-corrected chi connectivity index (χ4v) is 1.96. The third-order valence-electron chi connectivity index (χ3n) is 1.79. The van der Waals surface area contributed by atoms with E-state index in [4.69, 9.17) is 0 Å². The Bertz CT molecular complexity index is 380. The minimum absolute atomic E-state index is 0.0377. The van der Waals surface area contributed by atoms with Gasteiger partial charge in [-0.25, -0.2) is 13.2 Å². The van der Waals surface area contributed by atoms with Gasteiger partial charge in [-0.05, 0) is 34.2 Å². The lowest BCUT2D eigenvalue weighted by molar-refractivity contribution is -0.245. The molecular formula is C6Cl4F7IO. The molecule has 3 atom stereocenters. The summed E-state index contributed by atoms with van der Waals surface area (Å²) >= 11 is 17.2. The predicted octanol–water partition coefficient (Wildman–Crippen LogP) is 5.13. The van der Waals surface area contributed by atoms with Gasteiger partial charge in [-0.2, -0.15) is 17.6 Å². The molecule has 0 saturated carbocycles. The Morgan fingerprint density at radius 2 is 1.16 bits per heavy atom. The fraction of sp³-hybridized carbons (Fsp3) is 0.833. The molecule has 0 bridgehead atoms. The topological polar surface area (TPSA) is 17.1 Å². The number of carbonyl (C=O) groups is 1. The summed E-state index contributed by atoms with van der Waals surface area (Å²) in [6, 6.07) is 0. The van der Waals surface area contributed by atoms with Gasteiger partial charge in [0, 0.05) is 0 Å². The van der Waals surface area contributed by atoms with Gasteiger partial charge in [-0.1, -0.05) is 34.8 Å². The molecule has 3 unspecified atom stereocenters. The minimum atomic E-state index is -6.11. The second-order valence-electron chi connectivity index (χ2n) is 3.07. The van der Waals surface area contributed by atoms with Crippen LogP contribution in [0.5, 0.6) is 0 Å². The largest absolute Gasteiger partial charge is 0.357 e. The molecule has 114 valence electrons. The van der Waals surface area contributed by atoms with Crippen molar-refractivity contribution in [2.24, 2.45) is 0 Å². The maximum absolute atomic E-state index is 13.4. The first-order valence-electron chi connectivity index (χ1n) is 3.72. The third kappa shape index (κ3) is 3.00. The van der Waals surface area contributed by atoms with Crippen molar-refractivity contribution in [1.82, 2.24) is 0 Å². The van der Waals surface area contributed by atoms with Crippen LogP contribution in [-0.4, -0.2) is 30.5 Å². The Morgan fingerprint density at radius 3 is 1.37 bits per heavy atom. The van der Waals surface area contributed by atoms with Gasteiger partial charge < -0.3 is 0 Å². The molecule has 0 aromatic rings. The lowest BCUT2D eigenvalue weighted by Gasteiger charge is -2.39. The van der Waals surface area contributed by atoms with Gasteiger partial charge in [0.1, 0.15) is 0 Å². The first-order valence-corrected chi connectivity index (χ1v) is 6.31. The zero-order valence-corrected chi connectivity index (χ0v) is 13.1. The van der Waals surface area contributed by atoms with E-state index in [0.717, 1.165) is 0 Å².